The van der Waals surface area contributed by atoms with Gasteiger partial charge in [0.05, 0.1) is 6.61 Å². The SMILES string of the molecule is CCOCCC(=O)NC(CCO)C(=O)O. The van der Waals surface area contributed by atoms with Gasteiger partial charge in [-0.15, -0.1) is 0 Å². The second-order valence-electron chi connectivity index (χ2n) is 2.92. The molecule has 1 atom stereocenters. The van der Waals surface area contributed by atoms with E-state index in [0.29, 0.717) is 6.61 Å². The van der Waals surface area contributed by atoms with Gasteiger partial charge in [0, 0.05) is 26.1 Å². The van der Waals surface area contributed by atoms with Crippen molar-refractivity contribution in [2.75, 3.05) is 19.8 Å². The fourth-order valence-electron chi connectivity index (χ4n) is 0.962. The monoisotopic (exact) mass is 219 g/mol. The van der Waals surface area contributed by atoms with Crippen molar-refractivity contribution in [1.29, 1.82) is 0 Å². The number of hydrogen-bond donors (Lipinski definition) is 3. The predicted molar refractivity (Wildman–Crippen MR) is 52.4 cm³/mol. The second-order valence-corrected chi connectivity index (χ2v) is 2.92. The Bertz CT molecular complexity index is 207. The number of aliphatic hydroxyl groups excluding tert-OH is 1. The van der Waals surface area contributed by atoms with Gasteiger partial charge in [0.25, 0.3) is 0 Å². The summed E-state index contributed by atoms with van der Waals surface area (Å²) in [7, 11) is 0. The molecule has 0 fully saturated rings. The van der Waals surface area contributed by atoms with Gasteiger partial charge < -0.3 is 20.3 Å². The molecule has 0 heterocycles. The van der Waals surface area contributed by atoms with Gasteiger partial charge in [0.15, 0.2) is 0 Å². The number of aliphatic hydroxyl groups is 1. The third-order valence-electron chi connectivity index (χ3n) is 1.73. The maximum atomic E-state index is 11.2. The van der Waals surface area contributed by atoms with Crippen molar-refractivity contribution >= 4 is 11.9 Å². The molecule has 0 aromatic heterocycles. The third-order valence-corrected chi connectivity index (χ3v) is 1.73. The number of carbonyl (C=O) groups is 2. The molecule has 0 radical (unpaired) electrons. The lowest BCUT2D eigenvalue weighted by molar-refractivity contribution is -0.142. The van der Waals surface area contributed by atoms with Gasteiger partial charge in [0.1, 0.15) is 6.04 Å². The van der Waals surface area contributed by atoms with E-state index in [2.05, 4.69) is 5.32 Å². The average molecular weight is 219 g/mol. The van der Waals surface area contributed by atoms with Gasteiger partial charge >= 0.3 is 5.97 Å². The largest absolute Gasteiger partial charge is 0.480 e. The molecule has 0 saturated heterocycles. The number of carbonyl (C=O) groups excluding carboxylic acids is 1. The minimum atomic E-state index is -1.14. The first-order chi connectivity index (χ1) is 7.11. The molecule has 1 unspecified atom stereocenters. The lowest BCUT2D eigenvalue weighted by Crippen LogP contribution is -2.41. The Morgan fingerprint density at radius 3 is 2.60 bits per heavy atom. The first-order valence-electron chi connectivity index (χ1n) is 4.82. The molecule has 0 rings (SSSR count). The summed E-state index contributed by atoms with van der Waals surface area (Å²) in [6.45, 7) is 2.33. The number of carboxylic acid groups (broad SMARTS) is 1. The standard InChI is InChI=1S/C9H17NO5/c1-2-15-6-4-8(12)10-7(3-5-11)9(13)14/h7,11H,2-6H2,1H3,(H,10,12)(H,13,14). The highest BCUT2D eigenvalue weighted by atomic mass is 16.5. The van der Waals surface area contributed by atoms with Crippen LogP contribution in [0.2, 0.25) is 0 Å². The van der Waals surface area contributed by atoms with Crippen LogP contribution in [0.3, 0.4) is 0 Å². The maximum Gasteiger partial charge on any atom is 0.326 e. The lowest BCUT2D eigenvalue weighted by atomic mass is 10.2. The Kier molecular flexibility index (Phi) is 7.57. The van der Waals surface area contributed by atoms with Crippen LogP contribution in [0.15, 0.2) is 0 Å². The van der Waals surface area contributed by atoms with E-state index in [1.165, 1.54) is 0 Å². The van der Waals surface area contributed by atoms with Crippen LogP contribution in [0.5, 0.6) is 0 Å². The third kappa shape index (κ3) is 6.87. The zero-order chi connectivity index (χ0) is 11.7. The zero-order valence-electron chi connectivity index (χ0n) is 8.73. The highest BCUT2D eigenvalue weighted by molar-refractivity contribution is 5.83. The van der Waals surface area contributed by atoms with Gasteiger partial charge in [-0.1, -0.05) is 0 Å². The van der Waals surface area contributed by atoms with E-state index in [1.807, 2.05) is 6.92 Å². The molecule has 1 amide bonds. The number of amides is 1. The highest BCUT2D eigenvalue weighted by Gasteiger charge is 2.18. The van der Waals surface area contributed by atoms with Crippen LogP contribution in [0.1, 0.15) is 19.8 Å². The van der Waals surface area contributed by atoms with E-state index in [0.717, 1.165) is 0 Å². The molecular formula is C9H17NO5. The minimum Gasteiger partial charge on any atom is -0.480 e. The summed E-state index contributed by atoms with van der Waals surface area (Å²) >= 11 is 0. The van der Waals surface area contributed by atoms with Gasteiger partial charge in [-0.3, -0.25) is 4.79 Å². The smallest absolute Gasteiger partial charge is 0.326 e. The Morgan fingerprint density at radius 1 is 1.47 bits per heavy atom. The summed E-state index contributed by atoms with van der Waals surface area (Å²) < 4.78 is 4.95. The molecule has 0 saturated carbocycles. The van der Waals surface area contributed by atoms with Crippen molar-refractivity contribution in [3.63, 3.8) is 0 Å². The van der Waals surface area contributed by atoms with E-state index in [9.17, 15) is 9.59 Å². The molecule has 0 bridgehead atoms. The Morgan fingerprint density at radius 2 is 2.13 bits per heavy atom. The number of aliphatic carboxylic acids is 1. The Labute approximate surface area is 88.2 Å². The quantitative estimate of drug-likeness (QED) is 0.472. The molecule has 3 N–H and O–H groups in total. The fourth-order valence-corrected chi connectivity index (χ4v) is 0.962. The summed E-state index contributed by atoms with van der Waals surface area (Å²) in [6, 6.07) is -1.02. The summed E-state index contributed by atoms with van der Waals surface area (Å²) in [5.74, 6) is -1.53. The summed E-state index contributed by atoms with van der Waals surface area (Å²) in [4.78, 5) is 21.8. The molecule has 0 aromatic carbocycles. The molecule has 88 valence electrons. The lowest BCUT2D eigenvalue weighted by Gasteiger charge is -2.12. The molecule has 0 aliphatic rings. The zero-order valence-corrected chi connectivity index (χ0v) is 8.73. The number of nitrogens with one attached hydrogen (secondary N) is 1. The predicted octanol–water partition coefficient (Wildman–Crippen LogP) is -0.635. The summed E-state index contributed by atoms with van der Waals surface area (Å²) in [5, 5.41) is 19.5. The van der Waals surface area contributed by atoms with Crippen molar-refractivity contribution in [1.82, 2.24) is 5.32 Å². The maximum absolute atomic E-state index is 11.2. The van der Waals surface area contributed by atoms with Crippen molar-refractivity contribution in [3.05, 3.63) is 0 Å². The molecule has 0 spiro atoms. The molecule has 6 heteroatoms. The molecule has 0 aliphatic heterocycles. The normalized spacial score (nSPS) is 12.1. The van der Waals surface area contributed by atoms with Crippen molar-refractivity contribution in [3.8, 4) is 0 Å². The molecule has 0 aliphatic carbocycles. The summed E-state index contributed by atoms with van der Waals surface area (Å²) in [6.07, 6.45) is 0.138. The van der Waals surface area contributed by atoms with Gasteiger partial charge in [-0.25, -0.2) is 4.79 Å². The van der Waals surface area contributed by atoms with E-state index in [4.69, 9.17) is 14.9 Å². The first kappa shape index (κ1) is 13.9. The van der Waals surface area contributed by atoms with Gasteiger partial charge in [-0.2, -0.15) is 0 Å². The number of ether oxygens (including phenoxy) is 1. The van der Waals surface area contributed by atoms with E-state index < -0.39 is 12.0 Å². The van der Waals surface area contributed by atoms with Crippen LogP contribution in [0.25, 0.3) is 0 Å². The summed E-state index contributed by atoms with van der Waals surface area (Å²) in [5.41, 5.74) is 0. The second kappa shape index (κ2) is 8.19. The Balaban J connectivity index is 3.84. The first-order valence-corrected chi connectivity index (χ1v) is 4.82. The van der Waals surface area contributed by atoms with Crippen molar-refractivity contribution in [2.24, 2.45) is 0 Å². The van der Waals surface area contributed by atoms with Crippen molar-refractivity contribution < 1.29 is 24.5 Å². The topological polar surface area (TPSA) is 95.9 Å². The van der Waals surface area contributed by atoms with Crippen LogP contribution in [-0.2, 0) is 14.3 Å². The van der Waals surface area contributed by atoms with Gasteiger partial charge in [-0.05, 0) is 6.92 Å². The Hall–Kier alpha value is -1.14. The number of carboxylic acids is 1. The van der Waals surface area contributed by atoms with Crippen LogP contribution < -0.4 is 5.32 Å². The van der Waals surface area contributed by atoms with Crippen LogP contribution in [-0.4, -0.2) is 48.0 Å². The average Bonchev–Trinajstić information content (AvgIpc) is 2.17. The van der Waals surface area contributed by atoms with Crippen LogP contribution in [0, 0.1) is 0 Å². The van der Waals surface area contributed by atoms with Crippen molar-refractivity contribution in [2.45, 2.75) is 25.8 Å². The number of hydrogen-bond acceptors (Lipinski definition) is 4. The minimum absolute atomic E-state index is 0.00963. The highest BCUT2D eigenvalue weighted by Crippen LogP contribution is 1.93. The molecular weight excluding hydrogens is 202 g/mol. The molecule has 6 nitrogen and oxygen atoms in total. The molecule has 15 heavy (non-hydrogen) atoms. The number of rotatable bonds is 8. The van der Waals surface area contributed by atoms with E-state index in [1.54, 1.807) is 0 Å². The van der Waals surface area contributed by atoms with E-state index >= 15 is 0 Å². The fraction of sp³-hybridized carbons (Fsp3) is 0.778. The van der Waals surface area contributed by atoms with E-state index in [-0.39, 0.29) is 32.0 Å². The molecule has 0 aromatic rings. The van der Waals surface area contributed by atoms with Gasteiger partial charge in [0.2, 0.25) is 5.91 Å². The van der Waals surface area contributed by atoms with Crippen LogP contribution in [0.4, 0.5) is 0 Å². The van der Waals surface area contributed by atoms with Crippen LogP contribution >= 0.6 is 0 Å².